The van der Waals surface area contributed by atoms with Gasteiger partial charge < -0.3 is 10.8 Å². The molecule has 5 nitrogen and oxygen atoms in total. The standard InChI is InChI=1S/C11H16N2O3/c12-10-8(11(15)16)6-9(14)13(10)7-4-2-1-3-5-7/h7H,1-6,12H2,(H,15,16). The van der Waals surface area contributed by atoms with Crippen molar-refractivity contribution in [3.8, 4) is 0 Å². The predicted octanol–water partition coefficient (Wildman–Crippen LogP) is 0.806. The highest BCUT2D eigenvalue weighted by Gasteiger charge is 2.36. The molecular weight excluding hydrogens is 208 g/mol. The van der Waals surface area contributed by atoms with Crippen molar-refractivity contribution in [2.24, 2.45) is 5.73 Å². The maximum absolute atomic E-state index is 11.7. The smallest absolute Gasteiger partial charge is 0.335 e. The van der Waals surface area contributed by atoms with Crippen LogP contribution in [0, 0.1) is 0 Å². The van der Waals surface area contributed by atoms with Gasteiger partial charge in [0, 0.05) is 6.04 Å². The predicted molar refractivity (Wildman–Crippen MR) is 57.2 cm³/mol. The highest BCUT2D eigenvalue weighted by Crippen LogP contribution is 2.30. The third kappa shape index (κ3) is 1.77. The molecule has 0 aromatic rings. The van der Waals surface area contributed by atoms with Crippen LogP contribution in [0.25, 0.3) is 0 Å². The number of carboxylic acids is 1. The molecule has 3 N–H and O–H groups in total. The number of nitrogens with zero attached hydrogens (tertiary/aromatic N) is 1. The second kappa shape index (κ2) is 4.15. The molecule has 1 aliphatic heterocycles. The third-order valence-corrected chi connectivity index (χ3v) is 3.36. The van der Waals surface area contributed by atoms with Gasteiger partial charge in [-0.25, -0.2) is 4.79 Å². The van der Waals surface area contributed by atoms with E-state index in [0.717, 1.165) is 25.7 Å². The van der Waals surface area contributed by atoms with Crippen molar-refractivity contribution < 1.29 is 14.7 Å². The Morgan fingerprint density at radius 3 is 2.44 bits per heavy atom. The summed E-state index contributed by atoms with van der Waals surface area (Å²) in [5, 5.41) is 8.90. The number of carbonyl (C=O) groups excluding carboxylic acids is 1. The molecule has 88 valence electrons. The first-order valence-corrected chi connectivity index (χ1v) is 5.65. The van der Waals surface area contributed by atoms with Crippen LogP contribution in [0.1, 0.15) is 38.5 Å². The van der Waals surface area contributed by atoms with Crippen LogP contribution in [0.3, 0.4) is 0 Å². The van der Waals surface area contributed by atoms with Crippen LogP contribution in [-0.2, 0) is 9.59 Å². The van der Waals surface area contributed by atoms with Gasteiger partial charge in [-0.1, -0.05) is 19.3 Å². The molecule has 0 bridgehead atoms. The first-order chi connectivity index (χ1) is 7.61. The number of hydrogen-bond donors (Lipinski definition) is 2. The summed E-state index contributed by atoms with van der Waals surface area (Å²) in [4.78, 5) is 24.1. The van der Waals surface area contributed by atoms with Crippen LogP contribution in [-0.4, -0.2) is 27.9 Å². The van der Waals surface area contributed by atoms with E-state index in [1.165, 1.54) is 11.3 Å². The molecule has 1 aliphatic carbocycles. The van der Waals surface area contributed by atoms with E-state index in [2.05, 4.69) is 0 Å². The average Bonchev–Trinajstić information content (AvgIpc) is 2.56. The second-order valence-corrected chi connectivity index (χ2v) is 4.40. The molecule has 1 saturated carbocycles. The molecular formula is C11H16N2O3. The number of rotatable bonds is 2. The first-order valence-electron chi connectivity index (χ1n) is 5.65. The second-order valence-electron chi connectivity index (χ2n) is 4.40. The molecule has 0 aromatic carbocycles. The van der Waals surface area contributed by atoms with Crippen LogP contribution in [0.4, 0.5) is 0 Å². The van der Waals surface area contributed by atoms with E-state index in [-0.39, 0.29) is 29.8 Å². The van der Waals surface area contributed by atoms with Crippen LogP contribution in [0.2, 0.25) is 0 Å². The lowest BCUT2D eigenvalue weighted by Crippen LogP contribution is -2.40. The summed E-state index contributed by atoms with van der Waals surface area (Å²) < 4.78 is 0. The zero-order chi connectivity index (χ0) is 11.7. The Bertz CT molecular complexity index is 356. The van der Waals surface area contributed by atoms with Gasteiger partial charge >= 0.3 is 5.97 Å². The quantitative estimate of drug-likeness (QED) is 0.727. The van der Waals surface area contributed by atoms with Crippen LogP contribution in [0.5, 0.6) is 0 Å². The number of carboxylic acid groups (broad SMARTS) is 1. The summed E-state index contributed by atoms with van der Waals surface area (Å²) >= 11 is 0. The van der Waals surface area contributed by atoms with Crippen molar-refractivity contribution in [2.75, 3.05) is 0 Å². The van der Waals surface area contributed by atoms with Gasteiger partial charge in [0.25, 0.3) is 0 Å². The molecule has 0 aromatic heterocycles. The lowest BCUT2D eigenvalue weighted by Gasteiger charge is -2.31. The van der Waals surface area contributed by atoms with E-state index < -0.39 is 5.97 Å². The van der Waals surface area contributed by atoms with E-state index >= 15 is 0 Å². The summed E-state index contributed by atoms with van der Waals surface area (Å²) in [5.41, 5.74) is 5.80. The maximum Gasteiger partial charge on any atom is 0.335 e. The minimum absolute atomic E-state index is 0.0515. The van der Waals surface area contributed by atoms with Crippen molar-refractivity contribution in [3.05, 3.63) is 11.4 Å². The lowest BCUT2D eigenvalue weighted by molar-refractivity contribution is -0.134. The van der Waals surface area contributed by atoms with Crippen molar-refractivity contribution in [1.82, 2.24) is 4.90 Å². The van der Waals surface area contributed by atoms with E-state index in [1.807, 2.05) is 0 Å². The number of amides is 1. The fourth-order valence-corrected chi connectivity index (χ4v) is 2.53. The molecule has 0 unspecified atom stereocenters. The SMILES string of the molecule is NC1=C(C(=O)O)CC(=O)N1C1CCCCC1. The number of hydrogen-bond acceptors (Lipinski definition) is 3. The molecule has 2 aliphatic rings. The van der Waals surface area contributed by atoms with E-state index in [9.17, 15) is 9.59 Å². The van der Waals surface area contributed by atoms with Crippen molar-refractivity contribution in [2.45, 2.75) is 44.6 Å². The van der Waals surface area contributed by atoms with E-state index in [4.69, 9.17) is 10.8 Å². The molecule has 0 saturated heterocycles. The largest absolute Gasteiger partial charge is 0.478 e. The van der Waals surface area contributed by atoms with E-state index in [1.54, 1.807) is 0 Å². The van der Waals surface area contributed by atoms with E-state index in [0.29, 0.717) is 0 Å². The van der Waals surface area contributed by atoms with Crippen LogP contribution < -0.4 is 5.73 Å². The van der Waals surface area contributed by atoms with Gasteiger partial charge in [-0.3, -0.25) is 9.69 Å². The molecule has 1 heterocycles. The molecule has 0 radical (unpaired) electrons. The van der Waals surface area contributed by atoms with Gasteiger partial charge in [0.05, 0.1) is 12.0 Å². The number of aliphatic carboxylic acids is 1. The first kappa shape index (κ1) is 11.0. The van der Waals surface area contributed by atoms with Crippen LogP contribution >= 0.6 is 0 Å². The van der Waals surface area contributed by atoms with Gasteiger partial charge in [-0.15, -0.1) is 0 Å². The lowest BCUT2D eigenvalue weighted by atomic mass is 9.94. The van der Waals surface area contributed by atoms with Crippen molar-refractivity contribution in [3.63, 3.8) is 0 Å². The van der Waals surface area contributed by atoms with Gasteiger partial charge in [0.2, 0.25) is 5.91 Å². The highest BCUT2D eigenvalue weighted by atomic mass is 16.4. The van der Waals surface area contributed by atoms with Gasteiger partial charge in [0.15, 0.2) is 0 Å². The molecule has 2 rings (SSSR count). The zero-order valence-corrected chi connectivity index (χ0v) is 9.11. The monoisotopic (exact) mass is 224 g/mol. The summed E-state index contributed by atoms with van der Waals surface area (Å²) in [5.74, 6) is -1.09. The Balaban J connectivity index is 2.20. The Kier molecular flexibility index (Phi) is 2.85. The number of carbonyl (C=O) groups is 2. The molecule has 0 atom stereocenters. The third-order valence-electron chi connectivity index (χ3n) is 3.36. The topological polar surface area (TPSA) is 83.6 Å². The Labute approximate surface area is 93.9 Å². The molecule has 16 heavy (non-hydrogen) atoms. The molecule has 5 heteroatoms. The molecule has 0 spiro atoms. The van der Waals surface area contributed by atoms with Crippen molar-refractivity contribution in [1.29, 1.82) is 0 Å². The Morgan fingerprint density at radius 1 is 1.31 bits per heavy atom. The fraction of sp³-hybridized carbons (Fsp3) is 0.636. The van der Waals surface area contributed by atoms with Gasteiger partial charge in [-0.05, 0) is 12.8 Å². The Morgan fingerprint density at radius 2 is 1.94 bits per heavy atom. The minimum Gasteiger partial charge on any atom is -0.478 e. The maximum atomic E-state index is 11.7. The molecule has 1 fully saturated rings. The summed E-state index contributed by atoms with van der Waals surface area (Å²) in [7, 11) is 0. The zero-order valence-electron chi connectivity index (χ0n) is 9.11. The van der Waals surface area contributed by atoms with Gasteiger partial charge in [-0.2, -0.15) is 0 Å². The molecule has 1 amide bonds. The fourth-order valence-electron chi connectivity index (χ4n) is 2.53. The minimum atomic E-state index is -1.08. The average molecular weight is 224 g/mol. The van der Waals surface area contributed by atoms with Crippen molar-refractivity contribution >= 4 is 11.9 Å². The normalized spacial score (nSPS) is 23.0. The Hall–Kier alpha value is -1.52. The highest BCUT2D eigenvalue weighted by molar-refractivity contribution is 5.99. The summed E-state index contributed by atoms with van der Waals surface area (Å²) in [6.45, 7) is 0. The van der Waals surface area contributed by atoms with Gasteiger partial charge in [0.1, 0.15) is 5.82 Å². The summed E-state index contributed by atoms with van der Waals surface area (Å²) in [6.07, 6.45) is 5.17. The summed E-state index contributed by atoms with van der Waals surface area (Å²) in [6, 6.07) is 0.109. The van der Waals surface area contributed by atoms with Crippen LogP contribution in [0.15, 0.2) is 11.4 Å². The number of nitrogens with two attached hydrogens (primary N) is 1.